The summed E-state index contributed by atoms with van der Waals surface area (Å²) in [6.45, 7) is 1.44. The van der Waals surface area contributed by atoms with Crippen molar-refractivity contribution < 1.29 is 71.8 Å². The maximum atomic E-state index is 11.2. The molecule has 0 saturated heterocycles. The van der Waals surface area contributed by atoms with Gasteiger partial charge in [-0.05, 0) is 72.8 Å². The number of rotatable bonds is 11. The summed E-state index contributed by atoms with van der Waals surface area (Å²) in [6.07, 6.45) is 0. The third kappa shape index (κ3) is 9.83. The molecule has 194 valence electrons. The predicted octanol–water partition coefficient (Wildman–Crippen LogP) is 0.0982. The van der Waals surface area contributed by atoms with Crippen LogP contribution in [-0.4, -0.2) is 5.91 Å². The van der Waals surface area contributed by atoms with Gasteiger partial charge >= 0.3 is 37.7 Å². The molecule has 4 aromatic carbocycles. The van der Waals surface area contributed by atoms with Crippen LogP contribution in [0.3, 0.4) is 0 Å². The van der Waals surface area contributed by atoms with E-state index >= 15 is 0 Å². The molecule has 0 saturated carbocycles. The summed E-state index contributed by atoms with van der Waals surface area (Å²) in [4.78, 5) is 12.4. The maximum Gasteiger partial charge on any atom is 1.00 e. The van der Waals surface area contributed by atoms with Gasteiger partial charge in [0.1, 0.15) is 0 Å². The van der Waals surface area contributed by atoms with Gasteiger partial charge in [0.25, 0.3) is 0 Å². The van der Waals surface area contributed by atoms with E-state index in [4.69, 9.17) is 0 Å². The Morgan fingerprint density at radius 1 is 0.675 bits per heavy atom. The molecule has 0 fully saturated rings. The van der Waals surface area contributed by atoms with E-state index < -0.39 is 0 Å². The molecule has 0 aliphatic rings. The number of hydrogen-bond acceptors (Lipinski definition) is 13. The molecule has 1 N–H and O–H groups in total. The Morgan fingerprint density at radius 2 is 1.18 bits per heavy atom. The number of fused-ring (bicyclic) bond motifs is 1. The zero-order chi connectivity index (χ0) is 26.7. The van der Waals surface area contributed by atoms with E-state index in [2.05, 4.69) is 44.5 Å². The van der Waals surface area contributed by atoms with Crippen molar-refractivity contribution in [1.82, 2.24) is 0 Å². The molecule has 0 spiro atoms. The molecule has 0 radical (unpaired) electrons. The van der Waals surface area contributed by atoms with Crippen LogP contribution in [0.4, 0.5) is 28.4 Å². The molecular formula is C24H17Li2N5O7S2. The normalized spacial score (nSPS) is 11.0. The topological polar surface area (TPSA) is 162 Å². The molecule has 0 unspecified atom stereocenters. The van der Waals surface area contributed by atoms with Gasteiger partial charge in [-0.25, -0.2) is 0 Å². The first-order chi connectivity index (χ1) is 18.6. The number of nitrogens with zero attached hydrogens (tertiary/aromatic N) is 4. The average Bonchev–Trinajstić information content (AvgIpc) is 2.94. The number of anilines is 1. The monoisotopic (exact) mass is 565 g/mol. The van der Waals surface area contributed by atoms with Gasteiger partial charge in [0.15, 0.2) is 0 Å². The van der Waals surface area contributed by atoms with Gasteiger partial charge in [0.2, 0.25) is 5.91 Å². The van der Waals surface area contributed by atoms with Gasteiger partial charge in [0.05, 0.1) is 46.8 Å². The largest absolute Gasteiger partial charge is 1.00 e. The summed E-state index contributed by atoms with van der Waals surface area (Å²) in [5, 5.41) is 48.5. The van der Waals surface area contributed by atoms with Gasteiger partial charge in [-0.15, -0.1) is 10.2 Å². The van der Waals surface area contributed by atoms with E-state index in [1.54, 1.807) is 78.9 Å². The van der Waals surface area contributed by atoms with Crippen LogP contribution in [0.5, 0.6) is 0 Å². The molecule has 0 heterocycles. The number of benzene rings is 4. The van der Waals surface area contributed by atoms with Crippen molar-refractivity contribution in [2.45, 2.75) is 16.7 Å². The van der Waals surface area contributed by atoms with Crippen molar-refractivity contribution in [2.24, 2.45) is 20.5 Å². The van der Waals surface area contributed by atoms with E-state index in [0.717, 1.165) is 29.5 Å². The fourth-order valence-electron chi connectivity index (χ4n) is 3.23. The van der Waals surface area contributed by atoms with Crippen LogP contribution >= 0.6 is 24.1 Å². The molecule has 4 aromatic rings. The minimum Gasteiger partial charge on any atom is -0.691 e. The van der Waals surface area contributed by atoms with Crippen molar-refractivity contribution >= 4 is 69.2 Å². The Balaban J connectivity index is 0.00000280. The Labute approximate surface area is 261 Å². The van der Waals surface area contributed by atoms with Crippen LogP contribution in [0, 0.1) is 0 Å². The Kier molecular flexibility index (Phi) is 14.6. The first-order valence-electron chi connectivity index (χ1n) is 10.7. The minimum atomic E-state index is -0.163. The van der Waals surface area contributed by atoms with E-state index in [1.807, 2.05) is 0 Å². The first-order valence-corrected chi connectivity index (χ1v) is 12.2. The quantitative estimate of drug-likeness (QED) is 0.0874. The standard InChI is InChI=1S/C24H19N5O7S2.2Li/c1-15(30)25-16-2-4-17(5-3-16)26-28-23-12-13-24(22-14-20(38-36-34-32)10-11-21(22)23)29-27-18-6-8-19(9-7-18)37-35-33-31;;/h2-14,31-32H,1H3,(H,25,30);;/q;2*+1/p-2. The zero-order valence-corrected chi connectivity index (χ0v) is 23.1. The fraction of sp³-hybridized carbons (Fsp3) is 0.0417. The van der Waals surface area contributed by atoms with Crippen molar-refractivity contribution in [2.75, 3.05) is 5.32 Å². The third-order valence-corrected chi connectivity index (χ3v) is 5.99. The van der Waals surface area contributed by atoms with Crippen molar-refractivity contribution in [3.05, 3.63) is 78.9 Å². The number of nitrogens with one attached hydrogen (secondary N) is 1. The van der Waals surface area contributed by atoms with Gasteiger partial charge < -0.3 is 15.8 Å². The maximum absolute atomic E-state index is 11.2. The van der Waals surface area contributed by atoms with Crippen molar-refractivity contribution in [3.8, 4) is 0 Å². The molecular weight excluding hydrogens is 548 g/mol. The minimum absolute atomic E-state index is 0. The SMILES string of the molecule is CC(=O)Nc1ccc(N=Nc2ccc(N=Nc3ccc(SOO[O-])cc3)c3cc(SOO[O-])ccc23)cc1.[Li+].[Li+]. The second-order valence-electron chi connectivity index (χ2n) is 7.37. The first kappa shape index (κ1) is 33.7. The second kappa shape index (κ2) is 17.3. The third-order valence-electron chi connectivity index (χ3n) is 4.83. The van der Waals surface area contributed by atoms with Crippen LogP contribution in [0.1, 0.15) is 6.92 Å². The van der Waals surface area contributed by atoms with Crippen LogP contribution in [0.25, 0.3) is 10.8 Å². The van der Waals surface area contributed by atoms with Crippen molar-refractivity contribution in [1.29, 1.82) is 0 Å². The molecule has 0 atom stereocenters. The number of amides is 1. The zero-order valence-electron chi connectivity index (χ0n) is 21.5. The van der Waals surface area contributed by atoms with Crippen LogP contribution in [0.15, 0.2) is 109 Å². The number of carbonyl (C=O) groups is 1. The molecule has 0 aromatic heterocycles. The van der Waals surface area contributed by atoms with Gasteiger partial charge in [0, 0.05) is 33.2 Å². The average molecular weight is 565 g/mol. The Bertz CT molecular complexity index is 1460. The van der Waals surface area contributed by atoms with Crippen LogP contribution in [0.2, 0.25) is 0 Å². The summed E-state index contributed by atoms with van der Waals surface area (Å²) in [7, 11) is 0. The van der Waals surface area contributed by atoms with Crippen LogP contribution < -0.4 is 53.6 Å². The molecule has 4 rings (SSSR count). The summed E-state index contributed by atoms with van der Waals surface area (Å²) in [5.41, 5.74) is 2.92. The number of azo groups is 2. The number of hydrogen-bond donors (Lipinski definition) is 1. The molecule has 0 aliphatic carbocycles. The van der Waals surface area contributed by atoms with Crippen LogP contribution in [-0.2, 0) is 23.5 Å². The molecule has 0 aliphatic heterocycles. The van der Waals surface area contributed by atoms with Gasteiger partial charge in [-0.3, -0.25) is 14.9 Å². The van der Waals surface area contributed by atoms with E-state index in [1.165, 1.54) is 6.92 Å². The molecule has 0 bridgehead atoms. The summed E-state index contributed by atoms with van der Waals surface area (Å²) in [6, 6.07) is 22.5. The van der Waals surface area contributed by atoms with E-state index in [0.29, 0.717) is 43.6 Å². The van der Waals surface area contributed by atoms with E-state index in [-0.39, 0.29) is 43.6 Å². The van der Waals surface area contributed by atoms with Crippen molar-refractivity contribution in [3.63, 3.8) is 0 Å². The summed E-state index contributed by atoms with van der Waals surface area (Å²) >= 11 is 1.52. The molecule has 12 nitrogen and oxygen atoms in total. The molecule has 1 amide bonds. The van der Waals surface area contributed by atoms with Gasteiger partial charge in [-0.2, -0.15) is 18.9 Å². The summed E-state index contributed by atoms with van der Waals surface area (Å²) < 4.78 is 8.73. The second-order valence-corrected chi connectivity index (χ2v) is 8.92. The number of carbonyl (C=O) groups excluding carboxylic acids is 1. The Hall–Kier alpha value is -2.54. The van der Waals surface area contributed by atoms with E-state index in [9.17, 15) is 15.3 Å². The summed E-state index contributed by atoms with van der Waals surface area (Å²) in [5.74, 6) is -0.163. The predicted molar refractivity (Wildman–Crippen MR) is 136 cm³/mol. The molecule has 40 heavy (non-hydrogen) atoms. The van der Waals surface area contributed by atoms with Gasteiger partial charge in [-0.1, -0.05) is 6.07 Å². The smallest absolute Gasteiger partial charge is 0.691 e. The fourth-order valence-corrected chi connectivity index (χ4v) is 3.98. The Morgan fingerprint density at radius 3 is 1.73 bits per heavy atom. The molecule has 16 heteroatoms.